The van der Waals surface area contributed by atoms with E-state index < -0.39 is 11.9 Å². The van der Waals surface area contributed by atoms with Crippen LogP contribution in [0.4, 0.5) is 0 Å². The van der Waals surface area contributed by atoms with E-state index in [0.717, 1.165) is 50.5 Å². The fourth-order valence-electron chi connectivity index (χ4n) is 3.65. The smallest absolute Gasteiger partial charge is 0.339 e. The van der Waals surface area contributed by atoms with Crippen molar-refractivity contribution in [1.82, 2.24) is 0 Å². The predicted molar refractivity (Wildman–Crippen MR) is 127 cm³/mol. The number of carboxylic acids is 2. The number of aliphatic carboxylic acids is 1. The molecule has 0 fully saturated rings. The van der Waals surface area contributed by atoms with Gasteiger partial charge in [-0.25, -0.2) is 4.79 Å². The Morgan fingerprint density at radius 2 is 1.50 bits per heavy atom. The third-order valence-electron chi connectivity index (χ3n) is 5.51. The second-order valence-corrected chi connectivity index (χ2v) is 8.65. The maximum Gasteiger partial charge on any atom is 0.339 e. The highest BCUT2D eigenvalue weighted by molar-refractivity contribution is 5.93. The number of aromatic hydroxyl groups is 2. The molecule has 6 heteroatoms. The number of carboxylic acid groups (broad SMARTS) is 2. The van der Waals surface area contributed by atoms with Gasteiger partial charge in [-0.1, -0.05) is 49.0 Å². The Labute approximate surface area is 191 Å². The lowest BCUT2D eigenvalue weighted by Gasteiger charge is -2.14. The second kappa shape index (κ2) is 14.3. The first-order valence-corrected chi connectivity index (χ1v) is 11.4. The minimum Gasteiger partial charge on any atom is -0.508 e. The molecule has 1 aromatic rings. The third-order valence-corrected chi connectivity index (χ3v) is 5.51. The summed E-state index contributed by atoms with van der Waals surface area (Å²) in [4.78, 5) is 22.3. The van der Waals surface area contributed by atoms with Crippen molar-refractivity contribution in [1.29, 1.82) is 0 Å². The molecule has 0 amide bonds. The number of allylic oxidation sites excluding steroid dienone is 4. The number of aromatic carboxylic acids is 1. The first kappa shape index (κ1) is 27.3. The molecule has 0 saturated carbocycles. The van der Waals surface area contributed by atoms with Gasteiger partial charge in [-0.15, -0.1) is 0 Å². The van der Waals surface area contributed by atoms with E-state index in [9.17, 15) is 24.9 Å². The average molecular weight is 447 g/mol. The van der Waals surface area contributed by atoms with Gasteiger partial charge in [0, 0.05) is 12.0 Å². The van der Waals surface area contributed by atoms with E-state index in [1.165, 1.54) is 11.6 Å². The van der Waals surface area contributed by atoms with Crippen LogP contribution in [-0.4, -0.2) is 32.4 Å². The number of phenols is 2. The second-order valence-electron chi connectivity index (χ2n) is 8.65. The number of rotatable bonds is 15. The molecule has 0 unspecified atom stereocenters. The zero-order chi connectivity index (χ0) is 24.1. The van der Waals surface area contributed by atoms with Crippen LogP contribution in [0.5, 0.6) is 11.5 Å². The Morgan fingerprint density at radius 3 is 2.09 bits per heavy atom. The lowest BCUT2D eigenvalue weighted by atomic mass is 9.94. The van der Waals surface area contributed by atoms with Crippen LogP contribution in [0.3, 0.4) is 0 Å². The van der Waals surface area contributed by atoms with Crippen molar-refractivity contribution < 1.29 is 30.0 Å². The SMILES string of the molecule is CC(C)=CCCC(C)=CCc1c(O)cc(CCCCCCCCC(=O)O)c(C(=O)O)c1O. The first-order valence-electron chi connectivity index (χ1n) is 11.4. The van der Waals surface area contributed by atoms with Crippen molar-refractivity contribution in [3.05, 3.63) is 46.1 Å². The van der Waals surface area contributed by atoms with Crippen LogP contribution >= 0.6 is 0 Å². The minimum absolute atomic E-state index is 0.0791. The maximum atomic E-state index is 11.8. The van der Waals surface area contributed by atoms with Crippen molar-refractivity contribution in [2.45, 2.75) is 91.4 Å². The molecule has 0 spiro atoms. The zero-order valence-electron chi connectivity index (χ0n) is 19.6. The van der Waals surface area contributed by atoms with Crippen molar-refractivity contribution in [2.24, 2.45) is 0 Å². The number of hydrogen-bond donors (Lipinski definition) is 4. The summed E-state index contributed by atoms with van der Waals surface area (Å²) in [6, 6.07) is 1.47. The predicted octanol–water partition coefficient (Wildman–Crippen LogP) is 6.39. The normalized spacial score (nSPS) is 11.4. The van der Waals surface area contributed by atoms with Gasteiger partial charge in [0.05, 0.1) is 0 Å². The van der Waals surface area contributed by atoms with Crippen molar-refractivity contribution in [2.75, 3.05) is 0 Å². The van der Waals surface area contributed by atoms with Crippen molar-refractivity contribution in [3.63, 3.8) is 0 Å². The monoisotopic (exact) mass is 446 g/mol. The molecule has 1 rings (SSSR count). The molecular weight excluding hydrogens is 408 g/mol. The molecule has 0 radical (unpaired) electrons. The molecule has 0 saturated heterocycles. The van der Waals surface area contributed by atoms with Gasteiger partial charge >= 0.3 is 11.9 Å². The summed E-state index contributed by atoms with van der Waals surface area (Å²) in [6.07, 6.45) is 11.8. The quantitative estimate of drug-likeness (QED) is 0.183. The van der Waals surface area contributed by atoms with E-state index in [2.05, 4.69) is 6.08 Å². The summed E-state index contributed by atoms with van der Waals surface area (Å²) in [6.45, 7) is 6.08. The number of phenolic OH excluding ortho intramolecular Hbond substituents is 1. The Balaban J connectivity index is 2.74. The molecule has 0 aliphatic rings. The van der Waals surface area contributed by atoms with E-state index in [1.54, 1.807) is 0 Å². The summed E-state index contributed by atoms with van der Waals surface area (Å²) < 4.78 is 0. The average Bonchev–Trinajstić information content (AvgIpc) is 2.68. The van der Waals surface area contributed by atoms with Gasteiger partial charge in [-0.3, -0.25) is 4.79 Å². The summed E-state index contributed by atoms with van der Waals surface area (Å²) in [7, 11) is 0. The summed E-state index contributed by atoms with van der Waals surface area (Å²) in [5.74, 6) is -2.40. The number of aryl methyl sites for hydroxylation is 1. The van der Waals surface area contributed by atoms with E-state index in [0.29, 0.717) is 18.4 Å². The largest absolute Gasteiger partial charge is 0.508 e. The van der Waals surface area contributed by atoms with Gasteiger partial charge in [-0.05, 0) is 70.9 Å². The van der Waals surface area contributed by atoms with Gasteiger partial charge in [0.1, 0.15) is 17.1 Å². The third kappa shape index (κ3) is 10.0. The van der Waals surface area contributed by atoms with E-state index in [1.807, 2.05) is 26.8 Å². The van der Waals surface area contributed by atoms with E-state index >= 15 is 0 Å². The van der Waals surface area contributed by atoms with Crippen molar-refractivity contribution in [3.8, 4) is 11.5 Å². The van der Waals surface area contributed by atoms with Crippen molar-refractivity contribution >= 4 is 11.9 Å². The summed E-state index contributed by atoms with van der Waals surface area (Å²) >= 11 is 0. The lowest BCUT2D eigenvalue weighted by Crippen LogP contribution is -2.06. The molecule has 4 N–H and O–H groups in total. The number of carbonyl (C=O) groups is 2. The maximum absolute atomic E-state index is 11.8. The molecule has 0 aliphatic carbocycles. The van der Waals surface area contributed by atoms with Crippen LogP contribution in [0.25, 0.3) is 0 Å². The molecule has 1 aromatic carbocycles. The number of benzene rings is 1. The molecule has 6 nitrogen and oxygen atoms in total. The van der Waals surface area contributed by atoms with Crippen LogP contribution < -0.4 is 0 Å². The Hall–Kier alpha value is -2.76. The van der Waals surface area contributed by atoms with Crippen LogP contribution in [0.2, 0.25) is 0 Å². The highest BCUT2D eigenvalue weighted by Gasteiger charge is 2.21. The summed E-state index contributed by atoms with van der Waals surface area (Å²) in [5, 5.41) is 39.3. The van der Waals surface area contributed by atoms with Gasteiger partial charge in [0.2, 0.25) is 0 Å². The molecule has 0 heterocycles. The van der Waals surface area contributed by atoms with Crippen LogP contribution in [0.1, 0.15) is 100 Å². The van der Waals surface area contributed by atoms with Crippen LogP contribution in [-0.2, 0) is 17.6 Å². The van der Waals surface area contributed by atoms with Gasteiger partial charge in [-0.2, -0.15) is 0 Å². The first-order chi connectivity index (χ1) is 15.1. The molecule has 0 aromatic heterocycles. The minimum atomic E-state index is -1.20. The Kier molecular flexibility index (Phi) is 12.2. The highest BCUT2D eigenvalue weighted by Crippen LogP contribution is 2.35. The lowest BCUT2D eigenvalue weighted by molar-refractivity contribution is -0.137. The van der Waals surface area contributed by atoms with E-state index in [-0.39, 0.29) is 35.5 Å². The molecule has 0 aliphatic heterocycles. The van der Waals surface area contributed by atoms with Crippen LogP contribution in [0.15, 0.2) is 29.4 Å². The van der Waals surface area contributed by atoms with E-state index in [4.69, 9.17) is 5.11 Å². The van der Waals surface area contributed by atoms with Gasteiger partial charge in [0.25, 0.3) is 0 Å². The fraction of sp³-hybridized carbons (Fsp3) is 0.538. The fourth-order valence-corrected chi connectivity index (χ4v) is 3.65. The Morgan fingerprint density at radius 1 is 0.875 bits per heavy atom. The molecule has 0 bridgehead atoms. The topological polar surface area (TPSA) is 115 Å². The Bertz CT molecular complexity index is 831. The number of hydrogen-bond acceptors (Lipinski definition) is 4. The molecule has 0 atom stereocenters. The molecular formula is C26H38O6. The zero-order valence-corrected chi connectivity index (χ0v) is 19.6. The van der Waals surface area contributed by atoms with Crippen LogP contribution in [0, 0.1) is 0 Å². The molecule has 178 valence electrons. The number of unbranched alkanes of at least 4 members (excludes halogenated alkanes) is 5. The summed E-state index contributed by atoms with van der Waals surface area (Å²) in [5.41, 5.74) is 2.92. The molecule has 32 heavy (non-hydrogen) atoms. The van der Waals surface area contributed by atoms with Gasteiger partial charge in [0.15, 0.2) is 0 Å². The van der Waals surface area contributed by atoms with Gasteiger partial charge < -0.3 is 20.4 Å². The highest BCUT2D eigenvalue weighted by atomic mass is 16.4. The standard InChI is InChI=1S/C26H38O6/c1-18(2)11-10-12-19(3)15-16-21-22(27)17-20(24(25(21)30)26(31)32)13-8-6-4-5-7-9-14-23(28)29/h11,15,17,27,30H,4-10,12-14,16H2,1-3H3,(H,28,29)(H,31,32).